The molecular weight excluding hydrogens is 250 g/mol. The number of rotatable bonds is 4. The van der Waals surface area contributed by atoms with Crippen LogP contribution in [-0.4, -0.2) is 10.6 Å². The van der Waals surface area contributed by atoms with Crippen molar-refractivity contribution in [3.63, 3.8) is 0 Å². The first kappa shape index (κ1) is 14.3. The third kappa shape index (κ3) is 2.91. The lowest BCUT2D eigenvalue weighted by Gasteiger charge is -2.21. The summed E-state index contributed by atoms with van der Waals surface area (Å²) in [5.74, 6) is -0.387. The highest BCUT2D eigenvalue weighted by Gasteiger charge is 2.22. The van der Waals surface area contributed by atoms with Crippen molar-refractivity contribution in [3.05, 3.63) is 59.4 Å². The molecule has 4 heteroatoms. The first-order valence-electron chi connectivity index (χ1n) is 6.77. The maximum Gasteiger partial charge on any atom is 0.243 e. The molecule has 106 valence electrons. The highest BCUT2D eigenvalue weighted by molar-refractivity contribution is 5.86. The summed E-state index contributed by atoms with van der Waals surface area (Å²) < 4.78 is 1.79. The number of amides is 1. The number of carbonyl (C=O) groups is 1. The molecule has 2 atom stereocenters. The fourth-order valence-corrected chi connectivity index (χ4v) is 2.18. The van der Waals surface area contributed by atoms with Crippen molar-refractivity contribution in [2.24, 2.45) is 11.7 Å². The van der Waals surface area contributed by atoms with Crippen LogP contribution >= 0.6 is 0 Å². The average molecular weight is 271 g/mol. The van der Waals surface area contributed by atoms with Gasteiger partial charge in [-0.05, 0) is 31.5 Å². The van der Waals surface area contributed by atoms with Crippen LogP contribution in [0.4, 0.5) is 0 Å². The fourth-order valence-electron chi connectivity index (χ4n) is 2.18. The first-order chi connectivity index (χ1) is 9.50. The van der Waals surface area contributed by atoms with E-state index in [1.165, 1.54) is 0 Å². The van der Waals surface area contributed by atoms with Crippen LogP contribution < -0.4 is 11.2 Å². The summed E-state index contributed by atoms with van der Waals surface area (Å²) in [5, 5.41) is 0. The van der Waals surface area contributed by atoms with E-state index in [1.807, 2.05) is 63.2 Å². The van der Waals surface area contributed by atoms with Crippen molar-refractivity contribution in [1.82, 2.24) is 4.68 Å². The van der Waals surface area contributed by atoms with Gasteiger partial charge in [0.15, 0.2) is 0 Å². The second-order valence-electron chi connectivity index (χ2n) is 5.15. The summed E-state index contributed by atoms with van der Waals surface area (Å²) in [6.45, 7) is 5.76. The van der Waals surface area contributed by atoms with Crippen molar-refractivity contribution in [3.8, 4) is 0 Å². The third-order valence-corrected chi connectivity index (χ3v) is 3.63. The molecule has 0 aliphatic carbocycles. The predicted molar refractivity (Wildman–Crippen MR) is 80.8 cm³/mol. The van der Waals surface area contributed by atoms with E-state index >= 15 is 0 Å². The van der Waals surface area contributed by atoms with Crippen LogP contribution in [0.25, 0.3) is 0 Å². The zero-order chi connectivity index (χ0) is 14.7. The summed E-state index contributed by atoms with van der Waals surface area (Å²) in [4.78, 5) is 12.3. The molecule has 3 N–H and O–H groups in total. The molecule has 0 saturated carbocycles. The van der Waals surface area contributed by atoms with Crippen LogP contribution in [0.1, 0.15) is 29.9 Å². The number of nitrogens with one attached hydrogen (secondary N) is 1. The van der Waals surface area contributed by atoms with Crippen molar-refractivity contribution in [2.45, 2.75) is 26.8 Å². The smallest absolute Gasteiger partial charge is 0.243 e. The van der Waals surface area contributed by atoms with Crippen LogP contribution in [0.5, 0.6) is 0 Å². The van der Waals surface area contributed by atoms with Crippen LogP contribution in [-0.2, 0) is 4.79 Å². The molecule has 2 aromatic rings. The third-order valence-electron chi connectivity index (χ3n) is 3.63. The van der Waals surface area contributed by atoms with E-state index in [9.17, 15) is 4.79 Å². The fraction of sp³-hybridized carbons (Fsp3) is 0.312. The van der Waals surface area contributed by atoms with Crippen molar-refractivity contribution >= 4 is 5.91 Å². The monoisotopic (exact) mass is 271 g/mol. The van der Waals surface area contributed by atoms with Gasteiger partial charge in [-0.15, -0.1) is 0 Å². The van der Waals surface area contributed by atoms with Gasteiger partial charge in [0.1, 0.15) is 0 Å². The Kier molecular flexibility index (Phi) is 4.25. The quantitative estimate of drug-likeness (QED) is 0.897. The van der Waals surface area contributed by atoms with Gasteiger partial charge in [0, 0.05) is 17.4 Å². The van der Waals surface area contributed by atoms with E-state index in [4.69, 9.17) is 5.73 Å². The lowest BCUT2D eigenvalue weighted by molar-refractivity contribution is -0.121. The molecule has 1 aromatic carbocycles. The Bertz CT molecular complexity index is 570. The summed E-state index contributed by atoms with van der Waals surface area (Å²) >= 11 is 0. The van der Waals surface area contributed by atoms with Crippen molar-refractivity contribution < 1.29 is 4.79 Å². The second-order valence-corrected chi connectivity index (χ2v) is 5.15. The largest absolute Gasteiger partial charge is 0.323 e. The van der Waals surface area contributed by atoms with Gasteiger partial charge in [-0.1, -0.05) is 37.3 Å². The number of hydrogen-bond acceptors (Lipinski definition) is 2. The van der Waals surface area contributed by atoms with E-state index in [-0.39, 0.29) is 17.9 Å². The van der Waals surface area contributed by atoms with Gasteiger partial charge >= 0.3 is 0 Å². The van der Waals surface area contributed by atoms with Crippen molar-refractivity contribution in [1.29, 1.82) is 0 Å². The van der Waals surface area contributed by atoms with Crippen LogP contribution in [0.15, 0.2) is 42.5 Å². The van der Waals surface area contributed by atoms with Gasteiger partial charge in [-0.2, -0.15) is 0 Å². The highest BCUT2D eigenvalue weighted by Crippen LogP contribution is 2.19. The molecule has 0 saturated heterocycles. The van der Waals surface area contributed by atoms with Gasteiger partial charge < -0.3 is 5.73 Å². The zero-order valence-corrected chi connectivity index (χ0v) is 12.1. The highest BCUT2D eigenvalue weighted by atomic mass is 16.2. The molecule has 20 heavy (non-hydrogen) atoms. The second kappa shape index (κ2) is 5.92. The minimum atomic E-state index is -0.313. The van der Waals surface area contributed by atoms with E-state index in [1.54, 1.807) is 4.68 Å². The van der Waals surface area contributed by atoms with Crippen LogP contribution in [0.3, 0.4) is 0 Å². The van der Waals surface area contributed by atoms with Crippen LogP contribution in [0.2, 0.25) is 0 Å². The Morgan fingerprint density at radius 1 is 1.10 bits per heavy atom. The summed E-state index contributed by atoms with van der Waals surface area (Å²) in [6, 6.07) is 13.3. The Balaban J connectivity index is 2.09. The maximum atomic E-state index is 12.3. The molecule has 1 amide bonds. The molecular formula is C16H21N3O. The number of hydrogen-bond donors (Lipinski definition) is 2. The van der Waals surface area contributed by atoms with Gasteiger partial charge in [0.2, 0.25) is 5.91 Å². The maximum absolute atomic E-state index is 12.3. The molecule has 0 aliphatic heterocycles. The molecule has 2 unspecified atom stereocenters. The Hall–Kier alpha value is -2.07. The number of aromatic nitrogens is 1. The molecule has 0 radical (unpaired) electrons. The number of nitrogens with two attached hydrogens (primary N) is 1. The Labute approximate surface area is 119 Å². The van der Waals surface area contributed by atoms with E-state index in [0.717, 1.165) is 17.0 Å². The minimum Gasteiger partial charge on any atom is -0.323 e. The average Bonchev–Trinajstić information content (AvgIpc) is 2.78. The molecule has 4 nitrogen and oxygen atoms in total. The number of nitrogens with zero attached hydrogens (tertiary/aromatic N) is 1. The molecule has 1 aromatic heterocycles. The van der Waals surface area contributed by atoms with E-state index in [2.05, 4.69) is 5.43 Å². The summed E-state index contributed by atoms with van der Waals surface area (Å²) in [6.07, 6.45) is 0. The standard InChI is InChI=1S/C16H21N3O/c1-11-9-10-12(2)19(11)18-16(20)13(3)15(17)14-7-5-4-6-8-14/h4-10,13,15H,17H2,1-3H3,(H,18,20). The van der Waals surface area contributed by atoms with Gasteiger partial charge in [-0.25, -0.2) is 0 Å². The normalized spacial score (nSPS) is 13.8. The number of aryl methyl sites for hydroxylation is 2. The summed E-state index contributed by atoms with van der Waals surface area (Å²) in [5.41, 5.74) is 12.0. The Morgan fingerprint density at radius 3 is 2.20 bits per heavy atom. The number of benzene rings is 1. The van der Waals surface area contributed by atoms with Crippen LogP contribution in [0, 0.1) is 19.8 Å². The van der Waals surface area contributed by atoms with Gasteiger partial charge in [0.25, 0.3) is 0 Å². The van der Waals surface area contributed by atoms with E-state index < -0.39 is 0 Å². The SMILES string of the molecule is Cc1ccc(C)n1NC(=O)C(C)C(N)c1ccccc1. The predicted octanol–water partition coefficient (Wildman–Crippen LogP) is 2.51. The molecule has 1 heterocycles. The lowest BCUT2D eigenvalue weighted by atomic mass is 9.95. The topological polar surface area (TPSA) is 60.0 Å². The van der Waals surface area contributed by atoms with Gasteiger partial charge in [0.05, 0.1) is 5.92 Å². The molecule has 2 rings (SSSR count). The molecule has 0 fully saturated rings. The van der Waals surface area contributed by atoms with Crippen molar-refractivity contribution in [2.75, 3.05) is 5.43 Å². The minimum absolute atomic E-state index is 0.0799. The number of carbonyl (C=O) groups excluding carboxylic acids is 1. The zero-order valence-electron chi connectivity index (χ0n) is 12.1. The lowest BCUT2D eigenvalue weighted by Crippen LogP contribution is -2.35. The van der Waals surface area contributed by atoms with Gasteiger partial charge in [-0.3, -0.25) is 14.9 Å². The summed E-state index contributed by atoms with van der Waals surface area (Å²) in [7, 11) is 0. The van der Waals surface area contributed by atoms with E-state index in [0.29, 0.717) is 0 Å². The molecule has 0 aliphatic rings. The molecule has 0 bridgehead atoms. The Morgan fingerprint density at radius 2 is 1.65 bits per heavy atom. The molecule has 0 spiro atoms. The first-order valence-corrected chi connectivity index (χ1v) is 6.77.